The lowest BCUT2D eigenvalue weighted by Gasteiger charge is -2.24. The standard InChI is InChI=1S/C21H17BrN2O3S2/c1-3-27-20(26)17-12(2)23-21-24(18(17)13-6-8-14(22)9-7-13)19(25)16(29-21)11-15-5-4-10-28-15/h4-11,18H,3H2,1-2H3/t18-/m1/s1. The van der Waals surface area contributed by atoms with Crippen LogP contribution in [0.5, 0.6) is 0 Å². The third-order valence-corrected chi connectivity index (χ3v) is 6.85. The van der Waals surface area contributed by atoms with E-state index >= 15 is 0 Å². The van der Waals surface area contributed by atoms with Gasteiger partial charge in [-0.25, -0.2) is 9.79 Å². The molecule has 1 aliphatic rings. The first-order valence-electron chi connectivity index (χ1n) is 8.98. The monoisotopic (exact) mass is 488 g/mol. The smallest absolute Gasteiger partial charge is 0.338 e. The maximum absolute atomic E-state index is 13.3. The predicted octanol–water partition coefficient (Wildman–Crippen LogP) is 3.62. The van der Waals surface area contributed by atoms with E-state index in [0.29, 0.717) is 20.6 Å². The number of esters is 1. The zero-order valence-electron chi connectivity index (χ0n) is 15.7. The fraction of sp³-hybridized carbons (Fsp3) is 0.190. The van der Waals surface area contributed by atoms with E-state index in [-0.39, 0.29) is 12.2 Å². The molecule has 0 bridgehead atoms. The number of fused-ring (bicyclic) bond motifs is 1. The van der Waals surface area contributed by atoms with Crippen LogP contribution in [0.15, 0.2) is 67.3 Å². The van der Waals surface area contributed by atoms with E-state index in [2.05, 4.69) is 20.9 Å². The minimum Gasteiger partial charge on any atom is -0.463 e. The molecular formula is C21H17BrN2O3S2. The number of carbonyl (C=O) groups is 1. The maximum atomic E-state index is 13.3. The molecule has 2 aromatic heterocycles. The van der Waals surface area contributed by atoms with Crippen LogP contribution in [0.4, 0.5) is 0 Å². The first-order valence-corrected chi connectivity index (χ1v) is 11.5. The van der Waals surface area contributed by atoms with Crippen molar-refractivity contribution in [2.75, 3.05) is 6.61 Å². The van der Waals surface area contributed by atoms with Crippen LogP contribution in [0, 0.1) is 0 Å². The largest absolute Gasteiger partial charge is 0.463 e. The number of ether oxygens (including phenoxy) is 1. The Morgan fingerprint density at radius 2 is 2.07 bits per heavy atom. The normalized spacial score (nSPS) is 16.5. The molecule has 1 aliphatic heterocycles. The summed E-state index contributed by atoms with van der Waals surface area (Å²) in [6.07, 6.45) is 1.87. The Morgan fingerprint density at radius 3 is 2.72 bits per heavy atom. The van der Waals surface area contributed by atoms with Gasteiger partial charge in [-0.15, -0.1) is 11.3 Å². The number of nitrogens with zero attached hydrogens (tertiary/aromatic N) is 2. The predicted molar refractivity (Wildman–Crippen MR) is 119 cm³/mol. The van der Waals surface area contributed by atoms with Crippen molar-refractivity contribution in [1.29, 1.82) is 0 Å². The summed E-state index contributed by atoms with van der Waals surface area (Å²) in [4.78, 5) is 32.2. The van der Waals surface area contributed by atoms with Crippen molar-refractivity contribution >= 4 is 50.6 Å². The van der Waals surface area contributed by atoms with Gasteiger partial charge in [-0.3, -0.25) is 9.36 Å². The van der Waals surface area contributed by atoms with E-state index in [1.165, 1.54) is 11.3 Å². The molecule has 0 saturated heterocycles. The number of hydrogen-bond acceptors (Lipinski definition) is 6. The van der Waals surface area contributed by atoms with Gasteiger partial charge >= 0.3 is 5.97 Å². The van der Waals surface area contributed by atoms with Gasteiger partial charge < -0.3 is 4.74 Å². The van der Waals surface area contributed by atoms with Crippen molar-refractivity contribution in [2.45, 2.75) is 19.9 Å². The third-order valence-electron chi connectivity index (χ3n) is 4.52. The molecule has 3 heterocycles. The van der Waals surface area contributed by atoms with Crippen LogP contribution in [-0.2, 0) is 9.53 Å². The first kappa shape index (κ1) is 20.0. The number of rotatable bonds is 4. The van der Waals surface area contributed by atoms with Gasteiger partial charge in [0.1, 0.15) is 0 Å². The summed E-state index contributed by atoms with van der Waals surface area (Å²) in [5.41, 5.74) is 1.63. The van der Waals surface area contributed by atoms with E-state index < -0.39 is 12.0 Å². The lowest BCUT2D eigenvalue weighted by molar-refractivity contribution is -0.139. The van der Waals surface area contributed by atoms with Crippen molar-refractivity contribution in [3.8, 4) is 0 Å². The number of thiophene rings is 1. The van der Waals surface area contributed by atoms with E-state index in [9.17, 15) is 9.59 Å². The van der Waals surface area contributed by atoms with Crippen LogP contribution < -0.4 is 14.9 Å². The summed E-state index contributed by atoms with van der Waals surface area (Å²) < 4.78 is 8.40. The average molecular weight is 489 g/mol. The van der Waals surface area contributed by atoms with Gasteiger partial charge in [0.2, 0.25) is 0 Å². The topological polar surface area (TPSA) is 60.7 Å². The van der Waals surface area contributed by atoms with E-state index in [1.54, 1.807) is 29.8 Å². The SMILES string of the molecule is CCOC(=O)C1=C(C)N=c2sc(=Cc3cccs3)c(=O)n2[C@@H]1c1ccc(Br)cc1. The molecule has 1 aromatic carbocycles. The van der Waals surface area contributed by atoms with Gasteiger partial charge in [-0.05, 0) is 49.1 Å². The highest BCUT2D eigenvalue weighted by Crippen LogP contribution is 2.31. The third kappa shape index (κ3) is 3.80. The number of thiazole rings is 1. The lowest BCUT2D eigenvalue weighted by Crippen LogP contribution is -2.39. The Bertz CT molecular complexity index is 1270. The Balaban J connectivity index is 1.97. The molecule has 5 nitrogen and oxygen atoms in total. The average Bonchev–Trinajstić information content (AvgIpc) is 3.30. The maximum Gasteiger partial charge on any atom is 0.338 e. The van der Waals surface area contributed by atoms with E-state index in [4.69, 9.17) is 4.74 Å². The molecule has 148 valence electrons. The van der Waals surface area contributed by atoms with Gasteiger partial charge in [0.25, 0.3) is 5.56 Å². The zero-order chi connectivity index (χ0) is 20.5. The number of benzene rings is 1. The van der Waals surface area contributed by atoms with Crippen molar-refractivity contribution in [1.82, 2.24) is 4.57 Å². The summed E-state index contributed by atoms with van der Waals surface area (Å²) in [6, 6.07) is 10.9. The molecule has 0 unspecified atom stereocenters. The fourth-order valence-electron chi connectivity index (χ4n) is 3.25. The number of halogens is 1. The van der Waals surface area contributed by atoms with Crippen LogP contribution in [-0.4, -0.2) is 17.1 Å². The molecule has 0 spiro atoms. The number of hydrogen-bond donors (Lipinski definition) is 0. The van der Waals surface area contributed by atoms with Crippen LogP contribution in [0.1, 0.15) is 30.3 Å². The lowest BCUT2D eigenvalue weighted by atomic mass is 9.96. The highest BCUT2D eigenvalue weighted by atomic mass is 79.9. The van der Waals surface area contributed by atoms with Gasteiger partial charge in [-0.2, -0.15) is 0 Å². The Morgan fingerprint density at radius 1 is 1.31 bits per heavy atom. The molecule has 0 radical (unpaired) electrons. The van der Waals surface area contributed by atoms with Crippen LogP contribution in [0.25, 0.3) is 6.08 Å². The molecule has 0 N–H and O–H groups in total. The molecule has 0 aliphatic carbocycles. The second-order valence-corrected chi connectivity index (χ2v) is 9.27. The molecule has 4 rings (SSSR count). The Hall–Kier alpha value is -2.29. The van der Waals surface area contributed by atoms with Crippen molar-refractivity contribution < 1.29 is 9.53 Å². The summed E-state index contributed by atoms with van der Waals surface area (Å²) in [5.74, 6) is -0.450. The summed E-state index contributed by atoms with van der Waals surface area (Å²) >= 11 is 6.34. The molecule has 29 heavy (non-hydrogen) atoms. The molecule has 0 amide bonds. The quantitative estimate of drug-likeness (QED) is 0.526. The number of carbonyl (C=O) groups excluding carboxylic acids is 1. The van der Waals surface area contributed by atoms with Crippen LogP contribution >= 0.6 is 38.6 Å². The molecule has 8 heteroatoms. The zero-order valence-corrected chi connectivity index (χ0v) is 18.9. The van der Waals surface area contributed by atoms with Crippen molar-refractivity contribution in [3.63, 3.8) is 0 Å². The van der Waals surface area contributed by atoms with E-state index in [0.717, 1.165) is 14.9 Å². The molecule has 0 saturated carbocycles. The van der Waals surface area contributed by atoms with Gasteiger partial charge in [0.05, 0.1) is 28.5 Å². The van der Waals surface area contributed by atoms with E-state index in [1.807, 2.05) is 47.9 Å². The van der Waals surface area contributed by atoms with Gasteiger partial charge in [0.15, 0.2) is 4.80 Å². The number of aromatic nitrogens is 1. The van der Waals surface area contributed by atoms with Crippen molar-refractivity contribution in [3.05, 3.63) is 87.6 Å². The van der Waals surface area contributed by atoms with Gasteiger partial charge in [0, 0.05) is 9.35 Å². The second-order valence-electron chi connectivity index (χ2n) is 6.37. The molecule has 3 aromatic rings. The van der Waals surface area contributed by atoms with Gasteiger partial charge in [-0.1, -0.05) is 45.5 Å². The first-order chi connectivity index (χ1) is 14.0. The number of allylic oxidation sites excluding steroid dienone is 1. The second kappa shape index (κ2) is 8.22. The summed E-state index contributed by atoms with van der Waals surface area (Å²) in [5, 5.41) is 1.97. The molecule has 0 fully saturated rings. The summed E-state index contributed by atoms with van der Waals surface area (Å²) in [6.45, 7) is 3.80. The molecular weight excluding hydrogens is 472 g/mol. The van der Waals surface area contributed by atoms with Crippen molar-refractivity contribution in [2.24, 2.45) is 4.99 Å². The molecule has 1 atom stereocenters. The Kier molecular flexibility index (Phi) is 5.67. The fourth-order valence-corrected chi connectivity index (χ4v) is 5.29. The minimum atomic E-state index is -0.580. The minimum absolute atomic E-state index is 0.163. The Labute approximate surface area is 183 Å². The van der Waals surface area contributed by atoms with Crippen LogP contribution in [0.3, 0.4) is 0 Å². The highest BCUT2D eigenvalue weighted by molar-refractivity contribution is 9.10. The summed E-state index contributed by atoms with van der Waals surface area (Å²) in [7, 11) is 0. The van der Waals surface area contributed by atoms with Crippen LogP contribution in [0.2, 0.25) is 0 Å². The highest BCUT2D eigenvalue weighted by Gasteiger charge is 2.33.